The van der Waals surface area contributed by atoms with Crippen LogP contribution in [-0.4, -0.2) is 52.2 Å². The maximum Gasteiger partial charge on any atom is 0.305 e. The quantitative estimate of drug-likeness (QED) is 0.0731. The van der Waals surface area contributed by atoms with E-state index in [1.807, 2.05) is 0 Å². The number of esters is 1. The molecule has 35 heavy (non-hydrogen) atoms. The molecule has 0 amide bonds. The Balaban J connectivity index is 3.14. The highest BCUT2D eigenvalue weighted by Gasteiger charge is 2.03. The van der Waals surface area contributed by atoms with E-state index in [0.29, 0.717) is 52.5 Å². The van der Waals surface area contributed by atoms with Gasteiger partial charge in [0.1, 0.15) is 0 Å². The molecule has 5 nitrogen and oxygen atoms in total. The lowest BCUT2D eigenvalue weighted by Crippen LogP contribution is -2.11. The molecule has 0 saturated heterocycles. The van der Waals surface area contributed by atoms with Crippen LogP contribution in [0.3, 0.4) is 0 Å². The lowest BCUT2D eigenvalue weighted by atomic mass is 10.1. The average Bonchev–Trinajstić information content (AvgIpc) is 2.86. The Morgan fingerprint density at radius 1 is 0.400 bits per heavy atom. The summed E-state index contributed by atoms with van der Waals surface area (Å²) in [5.41, 5.74) is 0. The van der Waals surface area contributed by atoms with E-state index >= 15 is 0 Å². The fourth-order valence-electron chi connectivity index (χ4n) is 4.05. The first kappa shape index (κ1) is 34.4. The average molecular weight is 501 g/mol. The summed E-state index contributed by atoms with van der Waals surface area (Å²) in [4.78, 5) is 11.8. The smallest absolute Gasteiger partial charge is 0.305 e. The van der Waals surface area contributed by atoms with E-state index in [1.54, 1.807) is 0 Å². The minimum Gasteiger partial charge on any atom is -0.466 e. The van der Waals surface area contributed by atoms with Crippen LogP contribution in [-0.2, 0) is 23.7 Å². The highest BCUT2D eigenvalue weighted by molar-refractivity contribution is 5.69. The summed E-state index contributed by atoms with van der Waals surface area (Å²) in [6, 6.07) is 0. The van der Waals surface area contributed by atoms with Crippen LogP contribution in [0.1, 0.15) is 142 Å². The molecule has 0 aromatic carbocycles. The van der Waals surface area contributed by atoms with Crippen LogP contribution >= 0.6 is 0 Å². The summed E-state index contributed by atoms with van der Waals surface area (Å²) < 4.78 is 21.9. The van der Waals surface area contributed by atoms with Gasteiger partial charge < -0.3 is 18.9 Å². The fourth-order valence-corrected chi connectivity index (χ4v) is 4.05. The predicted octanol–water partition coefficient (Wildman–Crippen LogP) is 8.42. The Morgan fingerprint density at radius 3 is 1.20 bits per heavy atom. The summed E-state index contributed by atoms with van der Waals surface area (Å²) in [7, 11) is 0. The lowest BCUT2D eigenvalue weighted by Gasteiger charge is -2.07. The van der Waals surface area contributed by atoms with E-state index in [2.05, 4.69) is 13.8 Å². The van der Waals surface area contributed by atoms with Gasteiger partial charge in [0.2, 0.25) is 0 Å². The number of ether oxygens (including phenoxy) is 4. The molecule has 0 heterocycles. The van der Waals surface area contributed by atoms with Gasteiger partial charge in [-0.25, -0.2) is 0 Å². The monoisotopic (exact) mass is 500 g/mol. The van der Waals surface area contributed by atoms with Crippen LogP contribution in [0, 0.1) is 0 Å². The van der Waals surface area contributed by atoms with Crippen molar-refractivity contribution in [2.45, 2.75) is 142 Å². The van der Waals surface area contributed by atoms with Gasteiger partial charge in [-0.3, -0.25) is 4.79 Å². The molecule has 0 fully saturated rings. The van der Waals surface area contributed by atoms with Gasteiger partial charge in [-0.1, -0.05) is 117 Å². The van der Waals surface area contributed by atoms with E-state index in [1.165, 1.54) is 96.3 Å². The first-order valence-electron chi connectivity index (χ1n) is 15.2. The summed E-state index contributed by atoms with van der Waals surface area (Å²) in [6.45, 7) is 8.88. The molecule has 0 aliphatic heterocycles. The van der Waals surface area contributed by atoms with Gasteiger partial charge in [0, 0.05) is 19.6 Å². The minimum atomic E-state index is -0.101. The van der Waals surface area contributed by atoms with E-state index in [-0.39, 0.29) is 5.97 Å². The van der Waals surface area contributed by atoms with Gasteiger partial charge >= 0.3 is 5.97 Å². The molecule has 0 radical (unpaired) electrons. The molecule has 0 aliphatic rings. The Bertz CT molecular complexity index is 402. The zero-order valence-corrected chi connectivity index (χ0v) is 23.6. The van der Waals surface area contributed by atoms with Crippen molar-refractivity contribution in [3.8, 4) is 0 Å². The van der Waals surface area contributed by atoms with Crippen LogP contribution in [0.2, 0.25) is 0 Å². The summed E-state index contributed by atoms with van der Waals surface area (Å²) >= 11 is 0. The van der Waals surface area contributed by atoms with Gasteiger partial charge in [-0.05, 0) is 19.3 Å². The number of carbonyl (C=O) groups excluding carboxylic acids is 1. The third kappa shape index (κ3) is 31.3. The molecule has 0 unspecified atom stereocenters. The molecule has 0 aliphatic carbocycles. The number of carbonyl (C=O) groups is 1. The van der Waals surface area contributed by atoms with Crippen molar-refractivity contribution in [2.24, 2.45) is 0 Å². The van der Waals surface area contributed by atoms with Gasteiger partial charge in [0.15, 0.2) is 0 Å². The standard InChI is InChI=1S/C30H60O5/c1-3-5-7-9-11-12-13-14-15-16-18-20-25-35-30(31)22-21-24-33-27-29-34-28-26-32-23-19-17-10-8-6-4-2/h3-29H2,1-2H3. The number of hydrogen-bond acceptors (Lipinski definition) is 5. The third-order valence-electron chi connectivity index (χ3n) is 6.32. The first-order chi connectivity index (χ1) is 17.3. The van der Waals surface area contributed by atoms with E-state index in [4.69, 9.17) is 18.9 Å². The second kappa shape index (κ2) is 31.4. The molecule has 0 N–H and O–H groups in total. The van der Waals surface area contributed by atoms with Gasteiger partial charge in [0.05, 0.1) is 33.0 Å². The summed E-state index contributed by atoms with van der Waals surface area (Å²) in [6.07, 6.45) is 24.7. The molecule has 210 valence electrons. The van der Waals surface area contributed by atoms with Crippen molar-refractivity contribution in [3.05, 3.63) is 0 Å². The third-order valence-corrected chi connectivity index (χ3v) is 6.32. The molecule has 0 bridgehead atoms. The van der Waals surface area contributed by atoms with Crippen molar-refractivity contribution in [2.75, 3.05) is 46.2 Å². The highest BCUT2D eigenvalue weighted by Crippen LogP contribution is 2.12. The molecule has 0 aromatic heterocycles. The zero-order chi connectivity index (χ0) is 25.5. The predicted molar refractivity (Wildman–Crippen MR) is 147 cm³/mol. The van der Waals surface area contributed by atoms with Crippen LogP contribution in [0.4, 0.5) is 0 Å². The summed E-state index contributed by atoms with van der Waals surface area (Å²) in [5, 5.41) is 0. The molecule has 0 atom stereocenters. The van der Waals surface area contributed by atoms with Crippen molar-refractivity contribution >= 4 is 5.97 Å². The van der Waals surface area contributed by atoms with Gasteiger partial charge in [0.25, 0.3) is 0 Å². The maximum absolute atomic E-state index is 11.8. The van der Waals surface area contributed by atoms with E-state index in [0.717, 1.165) is 25.9 Å². The van der Waals surface area contributed by atoms with Crippen molar-refractivity contribution in [1.29, 1.82) is 0 Å². The van der Waals surface area contributed by atoms with Crippen molar-refractivity contribution in [3.63, 3.8) is 0 Å². The number of hydrogen-bond donors (Lipinski definition) is 0. The lowest BCUT2D eigenvalue weighted by molar-refractivity contribution is -0.144. The van der Waals surface area contributed by atoms with Crippen LogP contribution in [0.5, 0.6) is 0 Å². The van der Waals surface area contributed by atoms with Crippen molar-refractivity contribution in [1.82, 2.24) is 0 Å². The molecule has 5 heteroatoms. The Hall–Kier alpha value is -0.650. The molecular weight excluding hydrogens is 440 g/mol. The minimum absolute atomic E-state index is 0.101. The van der Waals surface area contributed by atoms with Gasteiger partial charge in [-0.2, -0.15) is 0 Å². The second-order valence-electron chi connectivity index (χ2n) is 9.82. The molecular formula is C30H60O5. The number of rotatable bonds is 30. The van der Waals surface area contributed by atoms with Gasteiger partial charge in [-0.15, -0.1) is 0 Å². The summed E-state index contributed by atoms with van der Waals surface area (Å²) in [5.74, 6) is -0.101. The van der Waals surface area contributed by atoms with Crippen molar-refractivity contribution < 1.29 is 23.7 Å². The van der Waals surface area contributed by atoms with Crippen LogP contribution < -0.4 is 0 Å². The van der Waals surface area contributed by atoms with Crippen LogP contribution in [0.15, 0.2) is 0 Å². The van der Waals surface area contributed by atoms with E-state index < -0.39 is 0 Å². The van der Waals surface area contributed by atoms with E-state index in [9.17, 15) is 4.79 Å². The Labute approximate surface area is 218 Å². The largest absolute Gasteiger partial charge is 0.466 e. The SMILES string of the molecule is CCCCCCCCCCCCCCOC(=O)CCCOCCOCCOCCCCCCCC. The Morgan fingerprint density at radius 2 is 0.743 bits per heavy atom. The van der Waals surface area contributed by atoms with Crippen LogP contribution in [0.25, 0.3) is 0 Å². The molecule has 0 spiro atoms. The normalized spacial score (nSPS) is 11.3. The fraction of sp³-hybridized carbons (Fsp3) is 0.967. The Kier molecular flexibility index (Phi) is 30.8. The number of unbranched alkanes of at least 4 members (excludes halogenated alkanes) is 16. The molecule has 0 aromatic rings. The highest BCUT2D eigenvalue weighted by atomic mass is 16.5. The second-order valence-corrected chi connectivity index (χ2v) is 9.82. The molecule has 0 saturated carbocycles. The molecule has 0 rings (SSSR count). The maximum atomic E-state index is 11.8. The topological polar surface area (TPSA) is 54.0 Å². The first-order valence-corrected chi connectivity index (χ1v) is 15.2. The zero-order valence-electron chi connectivity index (χ0n) is 23.6.